The summed E-state index contributed by atoms with van der Waals surface area (Å²) in [6.45, 7) is 0. The maximum Gasteiger partial charge on any atom is 0.0540 e. The SMILES string of the molecule is c1ccc(N(c2ccc(-c3ccc(-c4cccc5ccccc45)cc3)cc2)c2ccc(-c3ccc(-c4cccc5ccccc45)cc3)cc2)c(-c2ccc3c(c2)sc2ccccc23)c1. The Hall–Kier alpha value is -8.04. The molecule has 64 heavy (non-hydrogen) atoms. The minimum atomic E-state index is 1.10. The molecule has 0 N–H and O–H groups in total. The van der Waals surface area contributed by atoms with Gasteiger partial charge in [-0.3, -0.25) is 0 Å². The summed E-state index contributed by atoms with van der Waals surface area (Å²) in [6.07, 6.45) is 0. The monoisotopic (exact) mass is 831 g/mol. The van der Waals surface area contributed by atoms with Gasteiger partial charge >= 0.3 is 0 Å². The molecule has 1 nitrogen and oxygen atoms in total. The normalized spacial score (nSPS) is 11.4. The van der Waals surface area contributed by atoms with Gasteiger partial charge in [0.1, 0.15) is 0 Å². The van der Waals surface area contributed by atoms with E-state index in [0.717, 1.165) is 17.1 Å². The number of rotatable bonds is 8. The zero-order valence-corrected chi connectivity index (χ0v) is 35.8. The van der Waals surface area contributed by atoms with Crippen molar-refractivity contribution in [1.82, 2.24) is 0 Å². The minimum absolute atomic E-state index is 1.10. The lowest BCUT2D eigenvalue weighted by Gasteiger charge is -2.28. The van der Waals surface area contributed by atoms with Crippen LogP contribution in [-0.2, 0) is 0 Å². The summed E-state index contributed by atoms with van der Waals surface area (Å²) in [6, 6.07) is 90.9. The molecule has 11 aromatic carbocycles. The van der Waals surface area contributed by atoms with Crippen LogP contribution < -0.4 is 4.90 Å². The number of hydrogen-bond donors (Lipinski definition) is 0. The van der Waals surface area contributed by atoms with Crippen LogP contribution in [0.15, 0.2) is 249 Å². The Balaban J connectivity index is 0.911. The number of hydrogen-bond acceptors (Lipinski definition) is 2. The summed E-state index contributed by atoms with van der Waals surface area (Å²) in [5, 5.41) is 7.68. The molecule has 2 heteroatoms. The fourth-order valence-corrected chi connectivity index (χ4v) is 10.6. The Kier molecular flexibility index (Phi) is 9.43. The standard InChI is InChI=1S/C62H41NS/c1-3-15-53-46(11-1)13-9-19-55(53)48-27-23-42(24-28-48)44-31-36-51(37-32-44)63(60-21-7-5-17-57(60)50-35-40-59-58-18-6-8-22-61(58)64-62(59)41-50)52-38-33-45(34-39-52)43-25-29-49(30-26-43)56-20-10-14-47-12-2-4-16-54(47)56/h1-41H. The Bertz CT molecular complexity index is 3460. The summed E-state index contributed by atoms with van der Waals surface area (Å²) in [5.74, 6) is 0. The average molecular weight is 832 g/mol. The third kappa shape index (κ3) is 6.82. The van der Waals surface area contributed by atoms with Crippen molar-refractivity contribution in [2.75, 3.05) is 4.90 Å². The number of benzene rings is 11. The van der Waals surface area contributed by atoms with E-state index in [1.807, 2.05) is 11.3 Å². The molecule has 0 saturated carbocycles. The fraction of sp³-hybridized carbons (Fsp3) is 0. The van der Waals surface area contributed by atoms with E-state index in [1.54, 1.807) is 0 Å². The van der Waals surface area contributed by atoms with Gasteiger partial charge in [0.25, 0.3) is 0 Å². The quantitative estimate of drug-likeness (QED) is 0.147. The number of thiophene rings is 1. The molecule has 0 aliphatic rings. The maximum atomic E-state index is 2.41. The molecule has 0 fully saturated rings. The molecule has 1 aromatic heterocycles. The number of nitrogens with zero attached hydrogens (tertiary/aromatic N) is 1. The largest absolute Gasteiger partial charge is 0.310 e. The second kappa shape index (κ2) is 16.0. The van der Waals surface area contributed by atoms with Crippen molar-refractivity contribution in [3.05, 3.63) is 249 Å². The smallest absolute Gasteiger partial charge is 0.0540 e. The molecular weight excluding hydrogens is 791 g/mol. The van der Waals surface area contributed by atoms with E-state index in [1.165, 1.54) is 97.4 Å². The summed E-state index contributed by atoms with van der Waals surface area (Å²) in [5.41, 5.74) is 15.4. The lowest BCUT2D eigenvalue weighted by molar-refractivity contribution is 1.28. The molecule has 0 saturated heterocycles. The van der Waals surface area contributed by atoms with Crippen LogP contribution in [0.4, 0.5) is 17.1 Å². The Morgan fingerprint density at radius 1 is 0.250 bits per heavy atom. The van der Waals surface area contributed by atoms with Gasteiger partial charge in [-0.2, -0.15) is 0 Å². The van der Waals surface area contributed by atoms with E-state index in [9.17, 15) is 0 Å². The predicted molar refractivity (Wildman–Crippen MR) is 276 cm³/mol. The Morgan fingerprint density at radius 3 is 1.20 bits per heavy atom. The molecule has 0 unspecified atom stereocenters. The number of fused-ring (bicyclic) bond motifs is 5. The van der Waals surface area contributed by atoms with E-state index >= 15 is 0 Å². The van der Waals surface area contributed by atoms with E-state index in [0.29, 0.717) is 0 Å². The first-order chi connectivity index (χ1) is 31.7. The highest BCUT2D eigenvalue weighted by Gasteiger charge is 2.19. The fourth-order valence-electron chi connectivity index (χ4n) is 9.48. The van der Waals surface area contributed by atoms with Crippen LogP contribution in [0.2, 0.25) is 0 Å². The molecule has 0 atom stereocenters. The van der Waals surface area contributed by atoms with Crippen LogP contribution in [0.5, 0.6) is 0 Å². The topological polar surface area (TPSA) is 3.24 Å². The molecule has 300 valence electrons. The van der Waals surface area contributed by atoms with Gasteiger partial charge in [0.05, 0.1) is 5.69 Å². The second-order valence-electron chi connectivity index (χ2n) is 16.5. The number of anilines is 3. The summed E-state index contributed by atoms with van der Waals surface area (Å²) >= 11 is 1.86. The molecule has 12 rings (SSSR count). The number of para-hydroxylation sites is 1. The van der Waals surface area contributed by atoms with E-state index in [2.05, 4.69) is 254 Å². The van der Waals surface area contributed by atoms with E-state index in [4.69, 9.17) is 0 Å². The molecule has 0 amide bonds. The summed E-state index contributed by atoms with van der Waals surface area (Å²) in [4.78, 5) is 2.41. The lowest BCUT2D eigenvalue weighted by atomic mass is 9.96. The zero-order valence-electron chi connectivity index (χ0n) is 35.0. The molecule has 1 heterocycles. The molecule has 0 spiro atoms. The van der Waals surface area contributed by atoms with Crippen molar-refractivity contribution in [1.29, 1.82) is 0 Å². The van der Waals surface area contributed by atoms with Crippen LogP contribution in [0, 0.1) is 0 Å². The van der Waals surface area contributed by atoms with Crippen molar-refractivity contribution in [3.63, 3.8) is 0 Å². The van der Waals surface area contributed by atoms with Gasteiger partial charge in [0.2, 0.25) is 0 Å². The Labute approximate surface area is 377 Å². The first kappa shape index (κ1) is 37.7. The van der Waals surface area contributed by atoms with Gasteiger partial charge in [0, 0.05) is 37.1 Å². The van der Waals surface area contributed by atoms with Gasteiger partial charge in [-0.25, -0.2) is 0 Å². The third-order valence-corrected chi connectivity index (χ3v) is 13.9. The van der Waals surface area contributed by atoms with Gasteiger partial charge in [0.15, 0.2) is 0 Å². The average Bonchev–Trinajstić information content (AvgIpc) is 3.75. The van der Waals surface area contributed by atoms with Crippen LogP contribution in [-0.4, -0.2) is 0 Å². The van der Waals surface area contributed by atoms with Crippen LogP contribution in [0.1, 0.15) is 0 Å². The van der Waals surface area contributed by atoms with Crippen molar-refractivity contribution in [3.8, 4) is 55.6 Å². The van der Waals surface area contributed by atoms with Crippen LogP contribution >= 0.6 is 11.3 Å². The zero-order chi connectivity index (χ0) is 42.4. The highest BCUT2D eigenvalue weighted by Crippen LogP contribution is 2.44. The maximum absolute atomic E-state index is 2.41. The van der Waals surface area contributed by atoms with Gasteiger partial charge < -0.3 is 4.90 Å². The highest BCUT2D eigenvalue weighted by molar-refractivity contribution is 7.25. The summed E-state index contributed by atoms with van der Waals surface area (Å²) in [7, 11) is 0. The molecule has 0 bridgehead atoms. The van der Waals surface area contributed by atoms with Crippen molar-refractivity contribution < 1.29 is 0 Å². The second-order valence-corrected chi connectivity index (χ2v) is 17.5. The van der Waals surface area contributed by atoms with Crippen LogP contribution in [0.25, 0.3) is 97.4 Å². The van der Waals surface area contributed by atoms with Gasteiger partial charge in [-0.05, 0) is 114 Å². The molecule has 0 radical (unpaired) electrons. The first-order valence-electron chi connectivity index (χ1n) is 21.9. The Morgan fingerprint density at radius 2 is 0.641 bits per heavy atom. The first-order valence-corrected chi connectivity index (χ1v) is 22.7. The molecule has 12 aromatic rings. The minimum Gasteiger partial charge on any atom is -0.310 e. The summed E-state index contributed by atoms with van der Waals surface area (Å²) < 4.78 is 2.61. The van der Waals surface area contributed by atoms with E-state index < -0.39 is 0 Å². The predicted octanol–water partition coefficient (Wildman–Crippen LogP) is 18.2. The van der Waals surface area contributed by atoms with Crippen molar-refractivity contribution in [2.24, 2.45) is 0 Å². The van der Waals surface area contributed by atoms with Gasteiger partial charge in [-0.1, -0.05) is 206 Å². The molecule has 0 aliphatic carbocycles. The lowest BCUT2D eigenvalue weighted by Crippen LogP contribution is -2.11. The molecular formula is C62H41NS. The van der Waals surface area contributed by atoms with Crippen molar-refractivity contribution in [2.45, 2.75) is 0 Å². The molecule has 0 aliphatic heterocycles. The van der Waals surface area contributed by atoms with Crippen LogP contribution in [0.3, 0.4) is 0 Å². The van der Waals surface area contributed by atoms with E-state index in [-0.39, 0.29) is 0 Å². The van der Waals surface area contributed by atoms with Crippen molar-refractivity contribution >= 4 is 70.1 Å². The van der Waals surface area contributed by atoms with Gasteiger partial charge in [-0.15, -0.1) is 11.3 Å². The third-order valence-electron chi connectivity index (χ3n) is 12.7. The highest BCUT2D eigenvalue weighted by atomic mass is 32.1.